The fraction of sp³-hybridized carbons (Fsp3) is 0.214. The summed E-state index contributed by atoms with van der Waals surface area (Å²) in [6.07, 6.45) is 0. The number of halogens is 2. The number of ether oxygens (including phenoxy) is 1. The molecule has 1 N–H and O–H groups in total. The lowest BCUT2D eigenvalue weighted by molar-refractivity contribution is -0.134. The summed E-state index contributed by atoms with van der Waals surface area (Å²) in [5.74, 6) is -3.90. The Bertz CT molecular complexity index is 592. The summed E-state index contributed by atoms with van der Waals surface area (Å²) in [4.78, 5) is 27.0. The average Bonchev–Trinajstić information content (AvgIpc) is 2.39. The molecule has 0 spiro atoms. The third kappa shape index (κ3) is 3.95. The molecular weight excluding hydrogens is 282 g/mol. The van der Waals surface area contributed by atoms with Crippen LogP contribution in [0.1, 0.15) is 17.3 Å². The van der Waals surface area contributed by atoms with Crippen molar-refractivity contribution in [2.75, 3.05) is 13.7 Å². The molecule has 1 amide bonds. The molecule has 0 aliphatic heterocycles. The maximum absolute atomic E-state index is 13.5. The molecule has 0 heterocycles. The summed E-state index contributed by atoms with van der Waals surface area (Å²) in [5, 5.41) is 2.12. The molecule has 112 valence electrons. The topological polar surface area (TPSA) is 67.8 Å². The Morgan fingerprint density at radius 2 is 1.90 bits per heavy atom. The molecule has 0 radical (unpaired) electrons. The first kappa shape index (κ1) is 16.5. The van der Waals surface area contributed by atoms with Gasteiger partial charge in [-0.25, -0.2) is 13.6 Å². The largest absolute Gasteiger partial charge is 0.461 e. The van der Waals surface area contributed by atoms with Crippen molar-refractivity contribution >= 4 is 17.6 Å². The fourth-order valence-electron chi connectivity index (χ4n) is 1.52. The first-order chi connectivity index (χ1) is 9.92. The van der Waals surface area contributed by atoms with E-state index in [1.165, 1.54) is 7.05 Å². The summed E-state index contributed by atoms with van der Waals surface area (Å²) in [6, 6.07) is 3.02. The Kier molecular flexibility index (Phi) is 5.71. The first-order valence-corrected chi connectivity index (χ1v) is 6.00. The molecule has 1 rings (SSSR count). The highest BCUT2D eigenvalue weighted by Gasteiger charge is 2.21. The number of carbonyl (C=O) groups excluding carboxylic acids is 2. The maximum atomic E-state index is 13.5. The van der Waals surface area contributed by atoms with Crippen molar-refractivity contribution in [1.82, 2.24) is 5.32 Å². The van der Waals surface area contributed by atoms with Crippen LogP contribution in [0.15, 0.2) is 35.5 Å². The van der Waals surface area contributed by atoms with E-state index in [1.54, 1.807) is 6.92 Å². The SMILES string of the molecule is C=C(NC(=O)c1c(F)cccc1F)/C(=N\C)C(=O)OCC. The van der Waals surface area contributed by atoms with Crippen molar-refractivity contribution in [3.05, 3.63) is 47.7 Å². The molecule has 21 heavy (non-hydrogen) atoms. The Labute approximate surface area is 120 Å². The summed E-state index contributed by atoms with van der Waals surface area (Å²) in [7, 11) is 1.30. The number of hydrogen-bond donors (Lipinski definition) is 1. The third-order valence-electron chi connectivity index (χ3n) is 2.43. The van der Waals surface area contributed by atoms with E-state index in [0.717, 1.165) is 18.2 Å². The number of aliphatic imine (C=N–C) groups is 1. The number of benzene rings is 1. The van der Waals surface area contributed by atoms with Gasteiger partial charge in [-0.05, 0) is 19.1 Å². The molecule has 7 heteroatoms. The fourth-order valence-corrected chi connectivity index (χ4v) is 1.52. The van der Waals surface area contributed by atoms with Crippen LogP contribution in [0.2, 0.25) is 0 Å². The van der Waals surface area contributed by atoms with Gasteiger partial charge >= 0.3 is 5.97 Å². The van der Waals surface area contributed by atoms with Gasteiger partial charge in [-0.15, -0.1) is 0 Å². The minimum absolute atomic E-state index is 0.112. The normalized spacial score (nSPS) is 11.0. The molecule has 1 aromatic rings. The van der Waals surface area contributed by atoms with Crippen molar-refractivity contribution in [3.8, 4) is 0 Å². The summed E-state index contributed by atoms with van der Waals surface area (Å²) >= 11 is 0. The van der Waals surface area contributed by atoms with Gasteiger partial charge in [0.25, 0.3) is 5.91 Å². The minimum Gasteiger partial charge on any atom is -0.461 e. The lowest BCUT2D eigenvalue weighted by atomic mass is 10.1. The summed E-state index contributed by atoms with van der Waals surface area (Å²) in [5.41, 5.74) is -1.21. The lowest BCUT2D eigenvalue weighted by Gasteiger charge is -2.11. The second-order valence-corrected chi connectivity index (χ2v) is 3.82. The van der Waals surface area contributed by atoms with E-state index in [9.17, 15) is 18.4 Å². The molecule has 0 atom stereocenters. The molecule has 0 fully saturated rings. The average molecular weight is 296 g/mol. The second kappa shape index (κ2) is 7.28. The Balaban J connectivity index is 2.93. The number of amides is 1. The van der Waals surface area contributed by atoms with E-state index in [1.807, 2.05) is 0 Å². The van der Waals surface area contributed by atoms with Gasteiger partial charge in [0, 0.05) is 7.05 Å². The van der Waals surface area contributed by atoms with Crippen molar-refractivity contribution in [2.24, 2.45) is 4.99 Å². The van der Waals surface area contributed by atoms with Gasteiger partial charge in [0.2, 0.25) is 0 Å². The molecule has 0 saturated carbocycles. The van der Waals surface area contributed by atoms with Gasteiger partial charge in [-0.1, -0.05) is 12.6 Å². The molecule has 0 aliphatic carbocycles. The summed E-state index contributed by atoms with van der Waals surface area (Å²) in [6.45, 7) is 5.16. The molecule has 5 nitrogen and oxygen atoms in total. The van der Waals surface area contributed by atoms with Crippen LogP contribution in [-0.2, 0) is 9.53 Å². The molecule has 0 unspecified atom stereocenters. The van der Waals surface area contributed by atoms with Gasteiger partial charge in [0.05, 0.1) is 12.3 Å². The number of nitrogens with zero attached hydrogens (tertiary/aromatic N) is 1. The number of carbonyl (C=O) groups is 2. The van der Waals surface area contributed by atoms with E-state index in [-0.39, 0.29) is 18.0 Å². The molecule has 0 aliphatic rings. The molecule has 0 aromatic heterocycles. The highest BCUT2D eigenvalue weighted by molar-refractivity contribution is 6.43. The molecular formula is C14H14F2N2O3. The van der Waals surface area contributed by atoms with Crippen molar-refractivity contribution in [3.63, 3.8) is 0 Å². The van der Waals surface area contributed by atoms with Gasteiger partial charge < -0.3 is 10.1 Å². The smallest absolute Gasteiger partial charge is 0.358 e. The van der Waals surface area contributed by atoms with Crippen LogP contribution in [0.4, 0.5) is 8.78 Å². The van der Waals surface area contributed by atoms with Gasteiger partial charge in [-0.2, -0.15) is 0 Å². The van der Waals surface area contributed by atoms with E-state index >= 15 is 0 Å². The Morgan fingerprint density at radius 1 is 1.33 bits per heavy atom. The van der Waals surface area contributed by atoms with Crippen LogP contribution >= 0.6 is 0 Å². The van der Waals surface area contributed by atoms with E-state index in [4.69, 9.17) is 4.74 Å². The number of esters is 1. The van der Waals surface area contributed by atoms with E-state index < -0.39 is 29.1 Å². The zero-order valence-corrected chi connectivity index (χ0v) is 11.6. The van der Waals surface area contributed by atoms with Gasteiger partial charge in [0.15, 0.2) is 5.71 Å². The molecule has 0 bridgehead atoms. The van der Waals surface area contributed by atoms with E-state index in [0.29, 0.717) is 0 Å². The van der Waals surface area contributed by atoms with Gasteiger partial charge in [-0.3, -0.25) is 9.79 Å². The van der Waals surface area contributed by atoms with Crippen molar-refractivity contribution in [2.45, 2.75) is 6.92 Å². The minimum atomic E-state index is -1.07. The zero-order valence-electron chi connectivity index (χ0n) is 11.6. The Morgan fingerprint density at radius 3 is 2.38 bits per heavy atom. The number of nitrogens with one attached hydrogen (secondary N) is 1. The second-order valence-electron chi connectivity index (χ2n) is 3.82. The van der Waals surface area contributed by atoms with Crippen LogP contribution in [0.5, 0.6) is 0 Å². The van der Waals surface area contributed by atoms with Crippen molar-refractivity contribution in [1.29, 1.82) is 0 Å². The predicted octanol–water partition coefficient (Wildman–Crippen LogP) is 1.84. The maximum Gasteiger partial charge on any atom is 0.358 e. The highest BCUT2D eigenvalue weighted by Crippen LogP contribution is 2.12. The lowest BCUT2D eigenvalue weighted by Crippen LogP contribution is -2.32. The quantitative estimate of drug-likeness (QED) is 0.666. The van der Waals surface area contributed by atoms with Crippen LogP contribution in [0.3, 0.4) is 0 Å². The highest BCUT2D eigenvalue weighted by atomic mass is 19.1. The predicted molar refractivity (Wildman–Crippen MR) is 73.0 cm³/mol. The molecule has 1 aromatic carbocycles. The van der Waals surface area contributed by atoms with Crippen molar-refractivity contribution < 1.29 is 23.1 Å². The van der Waals surface area contributed by atoms with Crippen LogP contribution in [-0.4, -0.2) is 31.2 Å². The number of hydrogen-bond acceptors (Lipinski definition) is 4. The Hall–Kier alpha value is -2.57. The van der Waals surface area contributed by atoms with Crippen LogP contribution in [0.25, 0.3) is 0 Å². The van der Waals surface area contributed by atoms with Crippen LogP contribution < -0.4 is 5.32 Å². The number of rotatable bonds is 5. The van der Waals surface area contributed by atoms with E-state index in [2.05, 4.69) is 16.9 Å². The van der Waals surface area contributed by atoms with Crippen LogP contribution in [0, 0.1) is 11.6 Å². The summed E-state index contributed by atoms with van der Waals surface area (Å²) < 4.78 is 31.6. The first-order valence-electron chi connectivity index (χ1n) is 6.00. The standard InChI is InChI=1S/C14H14F2N2O3/c1-4-21-14(20)12(17-3)8(2)18-13(19)11-9(15)6-5-7-10(11)16/h5-7H,2,4H2,1,3H3,(H,18,19)/b17-12+. The molecule has 0 saturated heterocycles. The monoisotopic (exact) mass is 296 g/mol. The zero-order chi connectivity index (χ0) is 16.0. The third-order valence-corrected chi connectivity index (χ3v) is 2.43. The van der Waals surface area contributed by atoms with Gasteiger partial charge in [0.1, 0.15) is 17.2 Å².